The van der Waals surface area contributed by atoms with Gasteiger partial charge in [-0.25, -0.2) is 0 Å². The van der Waals surface area contributed by atoms with Gasteiger partial charge < -0.3 is 5.32 Å². The van der Waals surface area contributed by atoms with Gasteiger partial charge in [-0.1, -0.05) is 11.3 Å². The third-order valence-corrected chi connectivity index (χ3v) is 3.87. The Kier molecular flexibility index (Phi) is 2.59. The maximum atomic E-state index is 12.2. The second-order valence-corrected chi connectivity index (χ2v) is 4.80. The molecule has 82 valence electrons. The molecule has 0 aromatic carbocycles. The van der Waals surface area contributed by atoms with Gasteiger partial charge in [-0.05, 0) is 0 Å². The smallest absolute Gasteiger partial charge is 0.337 e. The van der Waals surface area contributed by atoms with Crippen LogP contribution < -0.4 is 5.32 Å². The third-order valence-electron chi connectivity index (χ3n) is 1.58. The zero-order chi connectivity index (χ0) is 11.1. The van der Waals surface area contributed by atoms with Crippen molar-refractivity contribution in [2.24, 2.45) is 0 Å². The van der Waals surface area contributed by atoms with Gasteiger partial charge >= 0.3 is 6.18 Å². The second-order valence-electron chi connectivity index (χ2n) is 2.70. The van der Waals surface area contributed by atoms with Crippen LogP contribution in [0.15, 0.2) is 0 Å². The zero-order valence-corrected chi connectivity index (χ0v) is 8.67. The van der Waals surface area contributed by atoms with Crippen molar-refractivity contribution in [2.45, 2.75) is 11.6 Å². The van der Waals surface area contributed by atoms with Gasteiger partial charge in [0.2, 0.25) is 10.9 Å². The van der Waals surface area contributed by atoms with Crippen molar-refractivity contribution in [3.63, 3.8) is 0 Å². The standard InChI is InChI=1S/C6H4F3N3OS2/c7-6(8,9)5-12-11-4(15-5)3-10-2(13)1-14-3/h3H,1H2,(H,10,13). The lowest BCUT2D eigenvalue weighted by atomic mass is 10.6. The van der Waals surface area contributed by atoms with E-state index in [1.165, 1.54) is 11.8 Å². The van der Waals surface area contributed by atoms with E-state index in [0.29, 0.717) is 11.3 Å². The number of aromatic nitrogens is 2. The van der Waals surface area contributed by atoms with Crippen LogP contribution in [0.25, 0.3) is 0 Å². The van der Waals surface area contributed by atoms with E-state index in [-0.39, 0.29) is 16.7 Å². The maximum absolute atomic E-state index is 12.2. The summed E-state index contributed by atoms with van der Waals surface area (Å²) in [6.07, 6.45) is -4.47. The number of alkyl halides is 3. The van der Waals surface area contributed by atoms with E-state index in [1.807, 2.05) is 0 Å². The Morgan fingerprint density at radius 2 is 2.13 bits per heavy atom. The van der Waals surface area contributed by atoms with Crippen molar-refractivity contribution in [3.05, 3.63) is 10.0 Å². The minimum Gasteiger partial charge on any atom is -0.337 e. The van der Waals surface area contributed by atoms with Gasteiger partial charge in [-0.2, -0.15) is 13.2 Å². The molecule has 2 heterocycles. The average Bonchev–Trinajstić information content (AvgIpc) is 2.69. The fourth-order valence-electron chi connectivity index (χ4n) is 0.977. The molecule has 1 aliphatic heterocycles. The molecule has 0 aliphatic carbocycles. The van der Waals surface area contributed by atoms with E-state index in [1.54, 1.807) is 0 Å². The Morgan fingerprint density at radius 3 is 2.60 bits per heavy atom. The highest BCUT2D eigenvalue weighted by atomic mass is 32.2. The Morgan fingerprint density at radius 1 is 1.40 bits per heavy atom. The largest absolute Gasteiger partial charge is 0.445 e. The number of nitrogens with zero attached hydrogens (tertiary/aromatic N) is 2. The number of amides is 1. The summed E-state index contributed by atoms with van der Waals surface area (Å²) in [5.74, 6) is 0.0414. The normalized spacial score (nSPS) is 21.8. The number of hydrogen-bond donors (Lipinski definition) is 1. The first-order valence-electron chi connectivity index (χ1n) is 3.78. The number of thioether (sulfide) groups is 1. The van der Waals surface area contributed by atoms with Crippen molar-refractivity contribution in [1.29, 1.82) is 0 Å². The summed E-state index contributed by atoms with van der Waals surface area (Å²) < 4.78 is 36.5. The molecule has 1 fully saturated rings. The Balaban J connectivity index is 2.17. The molecule has 1 saturated heterocycles. The summed E-state index contributed by atoms with van der Waals surface area (Å²) in [7, 11) is 0. The van der Waals surface area contributed by atoms with Gasteiger partial charge in [0.05, 0.1) is 5.75 Å². The van der Waals surface area contributed by atoms with Crippen LogP contribution in [0.3, 0.4) is 0 Å². The first kappa shape index (κ1) is 10.7. The maximum Gasteiger partial charge on any atom is 0.445 e. The van der Waals surface area contributed by atoms with Crippen LogP contribution in [0.5, 0.6) is 0 Å². The van der Waals surface area contributed by atoms with Crippen LogP contribution in [0.4, 0.5) is 13.2 Å². The van der Waals surface area contributed by atoms with E-state index in [2.05, 4.69) is 15.5 Å². The SMILES string of the molecule is O=C1CSC(c2nnc(C(F)(F)F)s2)N1. The van der Waals surface area contributed by atoms with Gasteiger partial charge in [0, 0.05) is 0 Å². The Hall–Kier alpha value is -0.830. The van der Waals surface area contributed by atoms with Gasteiger partial charge in [-0.3, -0.25) is 4.79 Å². The van der Waals surface area contributed by atoms with E-state index in [0.717, 1.165) is 0 Å². The highest BCUT2D eigenvalue weighted by Gasteiger charge is 2.37. The molecule has 2 rings (SSSR count). The molecular formula is C6H4F3N3OS2. The number of halogens is 3. The summed E-state index contributed by atoms with van der Waals surface area (Å²) in [6.45, 7) is 0. The fraction of sp³-hybridized carbons (Fsp3) is 0.500. The van der Waals surface area contributed by atoms with Crippen molar-refractivity contribution < 1.29 is 18.0 Å². The molecule has 1 aromatic rings. The minimum absolute atomic E-state index is 0.179. The highest BCUT2D eigenvalue weighted by Crippen LogP contribution is 2.37. The predicted molar refractivity (Wildman–Crippen MR) is 48.3 cm³/mol. The molecule has 1 aliphatic rings. The quantitative estimate of drug-likeness (QED) is 0.824. The van der Waals surface area contributed by atoms with Crippen molar-refractivity contribution in [1.82, 2.24) is 15.5 Å². The second kappa shape index (κ2) is 3.63. The van der Waals surface area contributed by atoms with Crippen LogP contribution in [0, 0.1) is 0 Å². The van der Waals surface area contributed by atoms with Crippen LogP contribution in [-0.2, 0) is 11.0 Å². The lowest BCUT2D eigenvalue weighted by Crippen LogP contribution is -2.18. The predicted octanol–water partition coefficient (Wildman–Crippen LogP) is 1.42. The summed E-state index contributed by atoms with van der Waals surface area (Å²) in [6, 6.07) is 0. The molecule has 4 nitrogen and oxygen atoms in total. The number of rotatable bonds is 1. The van der Waals surface area contributed by atoms with E-state index in [4.69, 9.17) is 0 Å². The van der Waals surface area contributed by atoms with Crippen molar-refractivity contribution in [2.75, 3.05) is 5.75 Å². The first-order chi connectivity index (χ1) is 6.97. The molecule has 1 atom stereocenters. The number of carbonyl (C=O) groups is 1. The monoisotopic (exact) mass is 255 g/mol. The molecule has 0 radical (unpaired) electrons. The van der Waals surface area contributed by atoms with Crippen molar-refractivity contribution >= 4 is 29.0 Å². The Labute approximate surface area is 90.3 Å². The van der Waals surface area contributed by atoms with Crippen LogP contribution in [-0.4, -0.2) is 21.9 Å². The number of carbonyl (C=O) groups excluding carboxylic acids is 1. The van der Waals surface area contributed by atoms with Gasteiger partial charge in [0.15, 0.2) is 5.01 Å². The summed E-state index contributed by atoms with van der Waals surface area (Å²) >= 11 is 1.66. The molecule has 15 heavy (non-hydrogen) atoms. The molecular weight excluding hydrogens is 251 g/mol. The van der Waals surface area contributed by atoms with E-state index in [9.17, 15) is 18.0 Å². The molecule has 1 amide bonds. The molecule has 9 heteroatoms. The molecule has 1 aromatic heterocycles. The summed E-state index contributed by atoms with van der Waals surface area (Å²) in [4.78, 5) is 10.8. The minimum atomic E-state index is -4.47. The lowest BCUT2D eigenvalue weighted by molar-refractivity contribution is -0.138. The van der Waals surface area contributed by atoms with Crippen LogP contribution in [0.2, 0.25) is 0 Å². The molecule has 0 saturated carbocycles. The molecule has 0 bridgehead atoms. The highest BCUT2D eigenvalue weighted by molar-refractivity contribution is 8.00. The van der Waals surface area contributed by atoms with E-state index >= 15 is 0 Å². The number of hydrogen-bond acceptors (Lipinski definition) is 5. The number of nitrogens with one attached hydrogen (secondary N) is 1. The summed E-state index contributed by atoms with van der Waals surface area (Å²) in [5, 5.41) is 7.65. The van der Waals surface area contributed by atoms with Gasteiger partial charge in [0.25, 0.3) is 0 Å². The summed E-state index contributed by atoms with van der Waals surface area (Å²) in [5.41, 5.74) is 0. The Bertz CT molecular complexity index is 391. The molecule has 1 N–H and O–H groups in total. The van der Waals surface area contributed by atoms with Crippen LogP contribution >= 0.6 is 23.1 Å². The topological polar surface area (TPSA) is 54.9 Å². The van der Waals surface area contributed by atoms with E-state index < -0.39 is 16.6 Å². The van der Waals surface area contributed by atoms with Crippen LogP contribution in [0.1, 0.15) is 15.4 Å². The van der Waals surface area contributed by atoms with Crippen molar-refractivity contribution in [3.8, 4) is 0 Å². The molecule has 1 unspecified atom stereocenters. The molecule has 0 spiro atoms. The first-order valence-corrected chi connectivity index (χ1v) is 5.65. The fourth-order valence-corrected chi connectivity index (χ4v) is 2.77. The van der Waals surface area contributed by atoms with Gasteiger partial charge in [-0.15, -0.1) is 22.0 Å². The van der Waals surface area contributed by atoms with Gasteiger partial charge in [0.1, 0.15) is 5.37 Å². The lowest BCUT2D eigenvalue weighted by Gasteiger charge is -2.02. The average molecular weight is 255 g/mol. The third kappa shape index (κ3) is 2.23. The zero-order valence-electron chi connectivity index (χ0n) is 7.04.